The number of para-hydroxylation sites is 1. The van der Waals surface area contributed by atoms with E-state index in [9.17, 15) is 5.11 Å². The monoisotopic (exact) mass is 342 g/mol. The van der Waals surface area contributed by atoms with Crippen LogP contribution in [-0.4, -0.2) is 45.5 Å². The number of aromatic nitrogens is 2. The number of rotatable bonds is 8. The van der Waals surface area contributed by atoms with Gasteiger partial charge in [0, 0.05) is 43.8 Å². The maximum absolute atomic E-state index is 9.29. The molecular formula is C20H30N4O. The molecule has 0 amide bonds. The number of aryl methyl sites for hydroxylation is 1. The zero-order valence-electron chi connectivity index (χ0n) is 15.1. The molecule has 1 aromatic carbocycles. The molecule has 2 heterocycles. The van der Waals surface area contributed by atoms with Crippen LogP contribution in [0.2, 0.25) is 0 Å². The van der Waals surface area contributed by atoms with Gasteiger partial charge in [-0.25, -0.2) is 0 Å². The van der Waals surface area contributed by atoms with Crippen LogP contribution in [0.1, 0.15) is 31.7 Å². The number of nitrogens with one attached hydrogen (secondary N) is 1. The van der Waals surface area contributed by atoms with Crippen molar-refractivity contribution in [1.29, 1.82) is 0 Å². The first-order chi connectivity index (χ1) is 12.2. The average Bonchev–Trinajstić information content (AvgIpc) is 3.16. The molecule has 0 spiro atoms. The minimum atomic E-state index is 0.333. The predicted molar refractivity (Wildman–Crippen MR) is 101 cm³/mol. The molecule has 25 heavy (non-hydrogen) atoms. The van der Waals surface area contributed by atoms with Gasteiger partial charge in [-0.3, -0.25) is 9.58 Å². The van der Waals surface area contributed by atoms with E-state index in [-0.39, 0.29) is 0 Å². The van der Waals surface area contributed by atoms with Crippen molar-refractivity contribution in [3.05, 3.63) is 48.3 Å². The zero-order valence-corrected chi connectivity index (χ0v) is 15.1. The average molecular weight is 342 g/mol. The normalized spacial score (nSPS) is 17.5. The summed E-state index contributed by atoms with van der Waals surface area (Å²) in [6, 6.07) is 11.0. The molecule has 3 rings (SSSR count). The Morgan fingerprint density at radius 1 is 1.24 bits per heavy atom. The van der Waals surface area contributed by atoms with Gasteiger partial charge in [0.25, 0.3) is 0 Å². The van der Waals surface area contributed by atoms with Crippen LogP contribution in [0.15, 0.2) is 42.7 Å². The van der Waals surface area contributed by atoms with Gasteiger partial charge < -0.3 is 10.4 Å². The Kier molecular flexibility index (Phi) is 6.48. The Bertz CT molecular complexity index is 620. The van der Waals surface area contributed by atoms with E-state index in [1.165, 1.54) is 11.3 Å². The Labute approximate surface area is 150 Å². The molecule has 0 radical (unpaired) electrons. The van der Waals surface area contributed by atoms with Crippen molar-refractivity contribution in [2.24, 2.45) is 5.92 Å². The molecular weight excluding hydrogens is 312 g/mol. The first-order valence-electron chi connectivity index (χ1n) is 9.39. The summed E-state index contributed by atoms with van der Waals surface area (Å²) >= 11 is 0. The molecule has 5 nitrogen and oxygen atoms in total. The van der Waals surface area contributed by atoms with Crippen molar-refractivity contribution in [2.45, 2.75) is 45.3 Å². The van der Waals surface area contributed by atoms with E-state index in [0.29, 0.717) is 18.6 Å². The summed E-state index contributed by atoms with van der Waals surface area (Å²) in [5.74, 6) is 0.493. The van der Waals surface area contributed by atoms with Gasteiger partial charge >= 0.3 is 0 Å². The topological polar surface area (TPSA) is 53.3 Å². The molecule has 2 N–H and O–H groups in total. The van der Waals surface area contributed by atoms with Crippen LogP contribution in [-0.2, 0) is 13.1 Å². The van der Waals surface area contributed by atoms with E-state index in [1.807, 2.05) is 23.1 Å². The summed E-state index contributed by atoms with van der Waals surface area (Å²) < 4.78 is 1.98. The van der Waals surface area contributed by atoms with Crippen molar-refractivity contribution in [3.8, 4) is 0 Å². The fourth-order valence-electron chi connectivity index (χ4n) is 3.46. The van der Waals surface area contributed by atoms with Gasteiger partial charge in [0.15, 0.2) is 0 Å². The second-order valence-corrected chi connectivity index (χ2v) is 7.16. The van der Waals surface area contributed by atoms with Gasteiger partial charge in [-0.2, -0.15) is 5.10 Å². The van der Waals surface area contributed by atoms with Gasteiger partial charge in [0.2, 0.25) is 0 Å². The lowest BCUT2D eigenvalue weighted by Gasteiger charge is -2.31. The Morgan fingerprint density at radius 2 is 2.04 bits per heavy atom. The summed E-state index contributed by atoms with van der Waals surface area (Å²) in [6.07, 6.45) is 7.08. The standard InChI is InChI=1S/C20H30N4O/c1-17(7-14-24-11-4-10-21-24)22-20-6-3-2-5-19(20)15-23-12-8-18(16-25)9-13-23/h2-6,10-11,17-18,22,25H,7-9,12-16H2,1H3. The molecule has 1 aliphatic heterocycles. The molecule has 0 bridgehead atoms. The highest BCUT2D eigenvalue weighted by molar-refractivity contribution is 5.51. The van der Waals surface area contributed by atoms with E-state index < -0.39 is 0 Å². The van der Waals surface area contributed by atoms with Crippen molar-refractivity contribution in [2.75, 3.05) is 25.0 Å². The number of hydrogen-bond acceptors (Lipinski definition) is 4. The smallest absolute Gasteiger partial charge is 0.0489 e. The number of hydrogen-bond donors (Lipinski definition) is 2. The lowest BCUT2D eigenvalue weighted by atomic mass is 9.97. The molecule has 0 saturated carbocycles. The first-order valence-corrected chi connectivity index (χ1v) is 9.39. The van der Waals surface area contributed by atoms with Gasteiger partial charge in [-0.1, -0.05) is 18.2 Å². The van der Waals surface area contributed by atoms with Crippen LogP contribution in [0.3, 0.4) is 0 Å². The van der Waals surface area contributed by atoms with Gasteiger partial charge in [-0.15, -0.1) is 0 Å². The van der Waals surface area contributed by atoms with Crippen LogP contribution >= 0.6 is 0 Å². The highest BCUT2D eigenvalue weighted by Gasteiger charge is 2.19. The van der Waals surface area contributed by atoms with E-state index in [1.54, 1.807) is 0 Å². The number of aliphatic hydroxyl groups excluding tert-OH is 1. The van der Waals surface area contributed by atoms with E-state index in [2.05, 4.69) is 46.5 Å². The Morgan fingerprint density at radius 3 is 2.76 bits per heavy atom. The second-order valence-electron chi connectivity index (χ2n) is 7.16. The number of aliphatic hydroxyl groups is 1. The maximum atomic E-state index is 9.29. The molecule has 1 aromatic heterocycles. The van der Waals surface area contributed by atoms with Gasteiger partial charge in [-0.05, 0) is 62.9 Å². The van der Waals surface area contributed by atoms with Crippen molar-refractivity contribution in [3.63, 3.8) is 0 Å². The van der Waals surface area contributed by atoms with Crippen molar-refractivity contribution in [1.82, 2.24) is 14.7 Å². The number of nitrogens with zero attached hydrogens (tertiary/aromatic N) is 3. The highest BCUT2D eigenvalue weighted by atomic mass is 16.3. The molecule has 1 fully saturated rings. The number of benzene rings is 1. The molecule has 5 heteroatoms. The zero-order chi connectivity index (χ0) is 17.5. The largest absolute Gasteiger partial charge is 0.396 e. The van der Waals surface area contributed by atoms with Crippen LogP contribution < -0.4 is 5.32 Å². The lowest BCUT2D eigenvalue weighted by Crippen LogP contribution is -2.34. The fraction of sp³-hybridized carbons (Fsp3) is 0.550. The van der Waals surface area contributed by atoms with Crippen LogP contribution in [0.25, 0.3) is 0 Å². The van der Waals surface area contributed by atoms with Crippen LogP contribution in [0.4, 0.5) is 5.69 Å². The highest BCUT2D eigenvalue weighted by Crippen LogP contribution is 2.23. The molecule has 1 atom stereocenters. The fourth-order valence-corrected chi connectivity index (χ4v) is 3.46. The molecule has 136 valence electrons. The number of piperidine rings is 1. The maximum Gasteiger partial charge on any atom is 0.0489 e. The van der Waals surface area contributed by atoms with Crippen LogP contribution in [0.5, 0.6) is 0 Å². The first kappa shape index (κ1) is 18.0. The summed E-state index contributed by atoms with van der Waals surface area (Å²) in [6.45, 7) is 6.63. The van der Waals surface area contributed by atoms with E-state index in [0.717, 1.165) is 45.4 Å². The summed E-state index contributed by atoms with van der Waals surface area (Å²) in [4.78, 5) is 2.50. The summed E-state index contributed by atoms with van der Waals surface area (Å²) in [7, 11) is 0. The number of likely N-dealkylation sites (tertiary alicyclic amines) is 1. The predicted octanol–water partition coefficient (Wildman–Crippen LogP) is 2.98. The minimum absolute atomic E-state index is 0.333. The summed E-state index contributed by atoms with van der Waals surface area (Å²) in [5, 5.41) is 17.2. The molecule has 1 saturated heterocycles. The lowest BCUT2D eigenvalue weighted by molar-refractivity contribution is 0.127. The van der Waals surface area contributed by atoms with Crippen molar-refractivity contribution >= 4 is 5.69 Å². The molecule has 1 aliphatic rings. The quantitative estimate of drug-likeness (QED) is 0.774. The number of anilines is 1. The third kappa shape index (κ3) is 5.31. The molecule has 2 aromatic rings. The third-order valence-electron chi connectivity index (χ3n) is 5.13. The van der Waals surface area contributed by atoms with E-state index >= 15 is 0 Å². The second kappa shape index (κ2) is 9.02. The van der Waals surface area contributed by atoms with Crippen LogP contribution in [0, 0.1) is 5.92 Å². The van der Waals surface area contributed by atoms with Crippen molar-refractivity contribution < 1.29 is 5.11 Å². The molecule has 1 unspecified atom stereocenters. The SMILES string of the molecule is CC(CCn1cccn1)Nc1ccccc1CN1CCC(CO)CC1. The Hall–Kier alpha value is -1.85. The van der Waals surface area contributed by atoms with Gasteiger partial charge in [0.1, 0.15) is 0 Å². The Balaban J connectivity index is 1.53. The minimum Gasteiger partial charge on any atom is -0.396 e. The summed E-state index contributed by atoms with van der Waals surface area (Å²) in [5.41, 5.74) is 2.59. The third-order valence-corrected chi connectivity index (χ3v) is 5.13. The van der Waals surface area contributed by atoms with E-state index in [4.69, 9.17) is 0 Å². The van der Waals surface area contributed by atoms with Gasteiger partial charge in [0.05, 0.1) is 0 Å². The molecule has 0 aliphatic carbocycles.